The number of carbonyl (C=O) groups excluding carboxylic acids is 1. The van der Waals surface area contributed by atoms with E-state index in [1.165, 1.54) is 0 Å². The summed E-state index contributed by atoms with van der Waals surface area (Å²) >= 11 is 0. The Morgan fingerprint density at radius 2 is 2.10 bits per heavy atom. The molecule has 0 atom stereocenters. The molecule has 0 bridgehead atoms. The van der Waals surface area contributed by atoms with E-state index in [4.69, 9.17) is 10.5 Å². The van der Waals surface area contributed by atoms with E-state index in [1.54, 1.807) is 0 Å². The lowest BCUT2D eigenvalue weighted by molar-refractivity contribution is -0.116. The number of nitrogens with two attached hydrogens (primary N) is 1. The molecular formula is C16H26N2O2. The van der Waals surface area contributed by atoms with E-state index >= 15 is 0 Å². The second-order valence-electron chi connectivity index (χ2n) is 5.71. The van der Waals surface area contributed by atoms with Gasteiger partial charge in [0.15, 0.2) is 0 Å². The molecule has 0 spiro atoms. The van der Waals surface area contributed by atoms with Crippen molar-refractivity contribution in [3.05, 3.63) is 24.3 Å². The van der Waals surface area contributed by atoms with Crippen molar-refractivity contribution in [3.8, 4) is 5.75 Å². The third kappa shape index (κ3) is 6.06. The van der Waals surface area contributed by atoms with E-state index in [0.29, 0.717) is 19.6 Å². The fourth-order valence-corrected chi connectivity index (χ4v) is 2.02. The quantitative estimate of drug-likeness (QED) is 0.767. The van der Waals surface area contributed by atoms with Crippen LogP contribution in [0.1, 0.15) is 40.0 Å². The summed E-state index contributed by atoms with van der Waals surface area (Å²) in [6.45, 7) is 7.49. The van der Waals surface area contributed by atoms with Crippen LogP contribution in [0.2, 0.25) is 0 Å². The number of rotatable bonds is 8. The van der Waals surface area contributed by atoms with Crippen LogP contribution in [0.15, 0.2) is 24.3 Å². The third-order valence-electron chi connectivity index (χ3n) is 3.28. The highest BCUT2D eigenvalue weighted by atomic mass is 16.5. The highest BCUT2D eigenvalue weighted by Crippen LogP contribution is 2.26. The lowest BCUT2D eigenvalue weighted by Crippen LogP contribution is -2.20. The van der Waals surface area contributed by atoms with Crippen molar-refractivity contribution in [3.63, 3.8) is 0 Å². The predicted molar refractivity (Wildman–Crippen MR) is 82.9 cm³/mol. The van der Waals surface area contributed by atoms with E-state index in [0.717, 1.165) is 24.3 Å². The number of hydrogen-bond acceptors (Lipinski definition) is 3. The van der Waals surface area contributed by atoms with Crippen molar-refractivity contribution in [2.75, 3.05) is 18.5 Å². The zero-order valence-corrected chi connectivity index (χ0v) is 12.7. The Morgan fingerprint density at radius 3 is 2.75 bits per heavy atom. The number of hydrogen-bond donors (Lipinski definition) is 2. The van der Waals surface area contributed by atoms with Gasteiger partial charge in [0.05, 0.1) is 6.61 Å². The van der Waals surface area contributed by atoms with E-state index in [1.807, 2.05) is 31.2 Å². The van der Waals surface area contributed by atoms with Gasteiger partial charge in [-0.05, 0) is 43.9 Å². The van der Waals surface area contributed by atoms with Crippen LogP contribution >= 0.6 is 0 Å². The van der Waals surface area contributed by atoms with Crippen LogP contribution in [-0.2, 0) is 4.79 Å². The first-order valence-electron chi connectivity index (χ1n) is 7.19. The van der Waals surface area contributed by atoms with Gasteiger partial charge in [-0.25, -0.2) is 0 Å². The highest BCUT2D eigenvalue weighted by molar-refractivity contribution is 5.90. The Labute approximate surface area is 121 Å². The van der Waals surface area contributed by atoms with Crippen LogP contribution in [0.3, 0.4) is 0 Å². The van der Waals surface area contributed by atoms with E-state index in [9.17, 15) is 4.79 Å². The number of ether oxygens (including phenoxy) is 1. The fourth-order valence-electron chi connectivity index (χ4n) is 2.02. The van der Waals surface area contributed by atoms with Crippen LogP contribution in [-0.4, -0.2) is 19.1 Å². The van der Waals surface area contributed by atoms with Gasteiger partial charge in [0.25, 0.3) is 0 Å². The molecule has 3 N–H and O–H groups in total. The summed E-state index contributed by atoms with van der Waals surface area (Å²) in [5, 5.41) is 2.91. The highest BCUT2D eigenvalue weighted by Gasteiger charge is 2.18. The number of anilines is 1. The molecule has 0 unspecified atom stereocenters. The molecule has 20 heavy (non-hydrogen) atoms. The van der Waals surface area contributed by atoms with Gasteiger partial charge in [-0.15, -0.1) is 0 Å². The molecule has 0 aliphatic carbocycles. The van der Waals surface area contributed by atoms with Gasteiger partial charge in [-0.1, -0.05) is 19.9 Å². The van der Waals surface area contributed by atoms with Gasteiger partial charge < -0.3 is 15.8 Å². The van der Waals surface area contributed by atoms with E-state index in [-0.39, 0.29) is 11.3 Å². The van der Waals surface area contributed by atoms with Crippen LogP contribution in [0.4, 0.5) is 5.69 Å². The first kappa shape index (κ1) is 16.5. The summed E-state index contributed by atoms with van der Waals surface area (Å²) in [6, 6.07) is 7.46. The van der Waals surface area contributed by atoms with Crippen molar-refractivity contribution in [1.29, 1.82) is 0 Å². The standard InChI is InChI=1S/C16H26N2O2/c1-4-20-14-7-5-6-13(12-14)18-15(19)8-9-16(2,3)10-11-17/h5-7,12H,4,8-11,17H2,1-3H3,(H,18,19). The second kappa shape index (κ2) is 7.90. The molecule has 0 aliphatic rings. The number of benzene rings is 1. The number of amides is 1. The number of carbonyl (C=O) groups is 1. The molecule has 0 aromatic heterocycles. The Morgan fingerprint density at radius 1 is 1.35 bits per heavy atom. The zero-order chi connectivity index (χ0) is 15.0. The van der Waals surface area contributed by atoms with Gasteiger partial charge >= 0.3 is 0 Å². The smallest absolute Gasteiger partial charge is 0.224 e. The van der Waals surface area contributed by atoms with Gasteiger partial charge in [0.1, 0.15) is 5.75 Å². The molecular weight excluding hydrogens is 252 g/mol. The Bertz CT molecular complexity index is 430. The minimum atomic E-state index is 0.0312. The van der Waals surface area contributed by atoms with Crippen LogP contribution in [0.5, 0.6) is 5.75 Å². The summed E-state index contributed by atoms with van der Waals surface area (Å²) in [5.41, 5.74) is 6.46. The summed E-state index contributed by atoms with van der Waals surface area (Å²) < 4.78 is 5.41. The average molecular weight is 278 g/mol. The van der Waals surface area contributed by atoms with Gasteiger partial charge in [-0.3, -0.25) is 4.79 Å². The maximum atomic E-state index is 11.9. The molecule has 4 heteroatoms. The molecule has 0 heterocycles. The normalized spacial score (nSPS) is 11.2. The van der Waals surface area contributed by atoms with Gasteiger partial charge in [-0.2, -0.15) is 0 Å². The molecule has 1 amide bonds. The molecule has 4 nitrogen and oxygen atoms in total. The van der Waals surface area contributed by atoms with Gasteiger partial charge in [0, 0.05) is 18.2 Å². The van der Waals surface area contributed by atoms with Gasteiger partial charge in [0.2, 0.25) is 5.91 Å². The van der Waals surface area contributed by atoms with E-state index < -0.39 is 0 Å². The Balaban J connectivity index is 2.48. The second-order valence-corrected chi connectivity index (χ2v) is 5.71. The SMILES string of the molecule is CCOc1cccc(NC(=O)CCC(C)(C)CCN)c1. The summed E-state index contributed by atoms with van der Waals surface area (Å²) in [5.74, 6) is 0.803. The maximum Gasteiger partial charge on any atom is 0.224 e. The molecule has 0 radical (unpaired) electrons. The van der Waals surface area contributed by atoms with E-state index in [2.05, 4.69) is 19.2 Å². The first-order valence-corrected chi connectivity index (χ1v) is 7.19. The average Bonchev–Trinajstić information content (AvgIpc) is 2.37. The molecule has 1 rings (SSSR count). The number of nitrogens with one attached hydrogen (secondary N) is 1. The Hall–Kier alpha value is -1.55. The van der Waals surface area contributed by atoms with Crippen molar-refractivity contribution in [1.82, 2.24) is 0 Å². The first-order chi connectivity index (χ1) is 9.46. The van der Waals surface area contributed by atoms with Crippen LogP contribution in [0, 0.1) is 5.41 Å². The van der Waals surface area contributed by atoms with Crippen LogP contribution in [0.25, 0.3) is 0 Å². The summed E-state index contributed by atoms with van der Waals surface area (Å²) in [7, 11) is 0. The molecule has 0 fully saturated rings. The molecule has 1 aromatic carbocycles. The minimum Gasteiger partial charge on any atom is -0.494 e. The lowest BCUT2D eigenvalue weighted by atomic mass is 9.84. The fraction of sp³-hybridized carbons (Fsp3) is 0.562. The monoisotopic (exact) mass is 278 g/mol. The maximum absolute atomic E-state index is 11.9. The molecule has 1 aromatic rings. The largest absolute Gasteiger partial charge is 0.494 e. The van der Waals surface area contributed by atoms with Crippen molar-refractivity contribution >= 4 is 11.6 Å². The summed E-state index contributed by atoms with van der Waals surface area (Å²) in [4.78, 5) is 11.9. The van der Waals surface area contributed by atoms with Crippen molar-refractivity contribution in [2.24, 2.45) is 11.1 Å². The lowest BCUT2D eigenvalue weighted by Gasteiger charge is -2.23. The molecule has 0 saturated carbocycles. The van der Waals surface area contributed by atoms with Crippen molar-refractivity contribution in [2.45, 2.75) is 40.0 Å². The molecule has 112 valence electrons. The predicted octanol–water partition coefficient (Wildman–Crippen LogP) is 3.18. The molecule has 0 saturated heterocycles. The Kier molecular flexibility index (Phi) is 6.52. The van der Waals surface area contributed by atoms with Crippen molar-refractivity contribution < 1.29 is 9.53 Å². The molecule has 0 aliphatic heterocycles. The van der Waals surface area contributed by atoms with Crippen LogP contribution < -0.4 is 15.8 Å². The zero-order valence-electron chi connectivity index (χ0n) is 12.7. The summed E-state index contributed by atoms with van der Waals surface area (Å²) in [6.07, 6.45) is 2.27. The topological polar surface area (TPSA) is 64.3 Å². The minimum absolute atomic E-state index is 0.0312. The third-order valence-corrected chi connectivity index (χ3v) is 3.28.